The summed E-state index contributed by atoms with van der Waals surface area (Å²) >= 11 is 0. The zero-order valence-electron chi connectivity index (χ0n) is 55.0. The molecule has 10 heteroatoms. The minimum atomic E-state index is -4.38. The van der Waals surface area contributed by atoms with E-state index in [9.17, 15) is 19.0 Å². The van der Waals surface area contributed by atoms with Crippen molar-refractivity contribution in [1.82, 2.24) is 0 Å². The number of carbonyl (C=O) groups is 2. The van der Waals surface area contributed by atoms with Crippen LogP contribution in [-0.4, -0.2) is 74.9 Å². The Kier molecular flexibility index (Phi) is 61.9. The summed E-state index contributed by atoms with van der Waals surface area (Å²) in [5.74, 6) is -0.775. The van der Waals surface area contributed by atoms with Gasteiger partial charge in [-0.25, -0.2) is 4.57 Å². The maximum atomic E-state index is 12.9. The Morgan fingerprint density at radius 3 is 1.04 bits per heavy atom. The summed E-state index contributed by atoms with van der Waals surface area (Å²) in [4.78, 5) is 35.8. The molecule has 0 fully saturated rings. The smallest absolute Gasteiger partial charge is 0.462 e. The molecular weight excluding hydrogens is 1040 g/mol. The summed E-state index contributed by atoms with van der Waals surface area (Å²) < 4.78 is 34.7. The van der Waals surface area contributed by atoms with Gasteiger partial charge in [0.1, 0.15) is 19.8 Å². The Morgan fingerprint density at radius 1 is 0.390 bits per heavy atom. The van der Waals surface area contributed by atoms with E-state index in [1.807, 2.05) is 21.1 Å². The molecule has 0 aliphatic carbocycles. The minimum absolute atomic E-state index is 0.0355. The summed E-state index contributed by atoms with van der Waals surface area (Å²) in [5, 5.41) is 0. The van der Waals surface area contributed by atoms with Crippen LogP contribution in [0.4, 0.5) is 0 Å². The molecule has 0 aromatic carbocycles. The van der Waals surface area contributed by atoms with Crippen LogP contribution in [0.15, 0.2) is 48.6 Å². The average Bonchev–Trinajstić information content (AvgIpc) is 3.45. The fourth-order valence-corrected chi connectivity index (χ4v) is 11.2. The zero-order chi connectivity index (χ0) is 59.8. The van der Waals surface area contributed by atoms with Crippen molar-refractivity contribution in [3.8, 4) is 0 Å². The standard InChI is InChI=1S/C72H136NO8P/c1-6-8-10-12-14-16-18-20-22-24-25-26-27-28-29-30-31-32-33-34-35-36-37-38-39-40-41-42-43-44-45-46-47-49-51-53-55-57-59-61-63-65-72(75)81-70(69-80-82(76,77)79-67-66-73(3,4)5)68-78-71(74)64-62-60-58-56-54-52-50-48-23-21-19-17-15-13-11-9-7-2/h8,10,14,16,20,22,25-26,70H,6-7,9,11-13,15,17-19,21,23-24,27-69H2,1-5H3/p+1/b10-8-,16-14-,22-20-,26-25-. The van der Waals surface area contributed by atoms with Crippen LogP contribution in [0, 0.1) is 0 Å². The highest BCUT2D eigenvalue weighted by Crippen LogP contribution is 2.43. The van der Waals surface area contributed by atoms with Crippen molar-refractivity contribution >= 4 is 19.8 Å². The molecule has 82 heavy (non-hydrogen) atoms. The van der Waals surface area contributed by atoms with Gasteiger partial charge in [0, 0.05) is 12.8 Å². The van der Waals surface area contributed by atoms with Gasteiger partial charge >= 0.3 is 19.8 Å². The monoisotopic (exact) mass is 1180 g/mol. The number of likely N-dealkylation sites (N-methyl/N-ethyl adjacent to an activating group) is 1. The molecule has 482 valence electrons. The lowest BCUT2D eigenvalue weighted by atomic mass is 10.0. The van der Waals surface area contributed by atoms with Crippen LogP contribution in [0.25, 0.3) is 0 Å². The number of hydrogen-bond donors (Lipinski definition) is 1. The first-order chi connectivity index (χ1) is 40.0. The molecule has 0 amide bonds. The van der Waals surface area contributed by atoms with Crippen molar-refractivity contribution in [1.29, 1.82) is 0 Å². The van der Waals surface area contributed by atoms with Crippen molar-refractivity contribution in [2.45, 2.75) is 354 Å². The number of ether oxygens (including phenoxy) is 2. The molecule has 2 atom stereocenters. The second kappa shape index (κ2) is 63.5. The van der Waals surface area contributed by atoms with E-state index in [4.69, 9.17) is 18.5 Å². The zero-order valence-corrected chi connectivity index (χ0v) is 55.9. The third-order valence-electron chi connectivity index (χ3n) is 15.9. The van der Waals surface area contributed by atoms with Crippen LogP contribution in [0.2, 0.25) is 0 Å². The number of unbranched alkanes of at least 4 members (excludes halogenated alkanes) is 44. The van der Waals surface area contributed by atoms with E-state index in [0.717, 1.165) is 57.8 Å². The van der Waals surface area contributed by atoms with Crippen molar-refractivity contribution in [2.24, 2.45) is 0 Å². The second-order valence-electron chi connectivity index (χ2n) is 25.3. The van der Waals surface area contributed by atoms with Crippen molar-refractivity contribution in [3.63, 3.8) is 0 Å². The van der Waals surface area contributed by atoms with Gasteiger partial charge in [-0.05, 0) is 51.4 Å². The summed E-state index contributed by atoms with van der Waals surface area (Å²) in [7, 11) is 1.50. The maximum Gasteiger partial charge on any atom is 0.472 e. The molecule has 1 N–H and O–H groups in total. The number of hydrogen-bond acceptors (Lipinski definition) is 7. The van der Waals surface area contributed by atoms with Crippen LogP contribution in [-0.2, 0) is 32.7 Å². The number of nitrogens with zero attached hydrogens (tertiary/aromatic N) is 1. The quantitative estimate of drug-likeness (QED) is 0.0211. The summed E-state index contributed by atoms with van der Waals surface area (Å²) in [5.41, 5.74) is 0. The van der Waals surface area contributed by atoms with Gasteiger partial charge in [-0.3, -0.25) is 18.6 Å². The number of phosphoric acid groups is 1. The van der Waals surface area contributed by atoms with Crippen LogP contribution in [0.3, 0.4) is 0 Å². The Hall–Kier alpha value is -2.03. The fraction of sp³-hybridized carbons (Fsp3) is 0.861. The predicted octanol–water partition coefficient (Wildman–Crippen LogP) is 22.8. The summed E-state index contributed by atoms with van der Waals surface area (Å²) in [6.45, 7) is 4.38. The van der Waals surface area contributed by atoms with E-state index in [-0.39, 0.29) is 25.6 Å². The first-order valence-electron chi connectivity index (χ1n) is 35.4. The van der Waals surface area contributed by atoms with Gasteiger partial charge in [-0.2, -0.15) is 0 Å². The van der Waals surface area contributed by atoms with Gasteiger partial charge in [0.2, 0.25) is 0 Å². The molecule has 0 aliphatic heterocycles. The van der Waals surface area contributed by atoms with E-state index in [0.29, 0.717) is 23.9 Å². The number of rotatable bonds is 66. The molecule has 0 spiro atoms. The second-order valence-corrected chi connectivity index (χ2v) is 26.7. The SMILES string of the molecule is CC/C=C\C/C=C\C/C=C\C/C=C\CCCCCCCCCCCCCCCCCCCCCCCCCCCCCCC(=O)OC(COC(=O)CCCCCCCCCCCCCCCCCCC)COP(=O)(O)OCC[N+](C)(C)C. The third kappa shape index (κ3) is 67.1. The topological polar surface area (TPSA) is 108 Å². The molecule has 0 bridgehead atoms. The van der Waals surface area contributed by atoms with E-state index in [1.54, 1.807) is 0 Å². The first kappa shape index (κ1) is 80.0. The van der Waals surface area contributed by atoms with Gasteiger partial charge in [-0.1, -0.05) is 332 Å². The maximum absolute atomic E-state index is 12.9. The first-order valence-corrected chi connectivity index (χ1v) is 36.9. The van der Waals surface area contributed by atoms with Gasteiger partial charge in [-0.15, -0.1) is 0 Å². The lowest BCUT2D eigenvalue weighted by Gasteiger charge is -2.24. The molecule has 9 nitrogen and oxygen atoms in total. The number of allylic oxidation sites excluding steroid dienone is 8. The van der Waals surface area contributed by atoms with E-state index in [2.05, 4.69) is 62.5 Å². The van der Waals surface area contributed by atoms with E-state index >= 15 is 0 Å². The normalized spacial score (nSPS) is 13.4. The third-order valence-corrected chi connectivity index (χ3v) is 16.9. The number of phosphoric ester groups is 1. The van der Waals surface area contributed by atoms with Crippen LogP contribution < -0.4 is 0 Å². The van der Waals surface area contributed by atoms with Gasteiger partial charge in [0.25, 0.3) is 0 Å². The average molecular weight is 1180 g/mol. The van der Waals surface area contributed by atoms with Crippen molar-refractivity contribution in [3.05, 3.63) is 48.6 Å². The Bertz CT molecular complexity index is 1520. The minimum Gasteiger partial charge on any atom is -0.462 e. The molecular formula is C72H137NO8P+. The Labute approximate surface area is 509 Å². The van der Waals surface area contributed by atoms with Crippen molar-refractivity contribution < 1.29 is 42.1 Å². The number of quaternary nitrogens is 1. The highest BCUT2D eigenvalue weighted by molar-refractivity contribution is 7.47. The number of carbonyl (C=O) groups excluding carboxylic acids is 2. The van der Waals surface area contributed by atoms with Crippen LogP contribution in [0.1, 0.15) is 348 Å². The van der Waals surface area contributed by atoms with Gasteiger partial charge in [0.05, 0.1) is 27.7 Å². The molecule has 0 aromatic rings. The predicted molar refractivity (Wildman–Crippen MR) is 353 cm³/mol. The van der Waals surface area contributed by atoms with E-state index in [1.165, 1.54) is 257 Å². The molecule has 0 radical (unpaired) electrons. The molecule has 0 saturated carbocycles. The molecule has 0 saturated heterocycles. The highest BCUT2D eigenvalue weighted by atomic mass is 31.2. The lowest BCUT2D eigenvalue weighted by molar-refractivity contribution is -0.870. The van der Waals surface area contributed by atoms with E-state index < -0.39 is 26.5 Å². The molecule has 0 aliphatic rings. The summed E-state index contributed by atoms with van der Waals surface area (Å²) in [6.07, 6.45) is 82.4. The number of esters is 2. The Morgan fingerprint density at radius 2 is 0.695 bits per heavy atom. The summed E-state index contributed by atoms with van der Waals surface area (Å²) in [6, 6.07) is 0. The van der Waals surface area contributed by atoms with Crippen LogP contribution >= 0.6 is 7.82 Å². The highest BCUT2D eigenvalue weighted by Gasteiger charge is 2.27. The largest absolute Gasteiger partial charge is 0.472 e. The lowest BCUT2D eigenvalue weighted by Crippen LogP contribution is -2.37. The van der Waals surface area contributed by atoms with Gasteiger partial charge in [0.15, 0.2) is 6.10 Å². The van der Waals surface area contributed by atoms with Crippen molar-refractivity contribution in [2.75, 3.05) is 47.5 Å². The molecule has 0 aromatic heterocycles. The molecule has 0 heterocycles. The molecule has 0 rings (SSSR count). The van der Waals surface area contributed by atoms with Gasteiger partial charge < -0.3 is 18.9 Å². The molecule has 2 unspecified atom stereocenters. The fourth-order valence-electron chi connectivity index (χ4n) is 10.5. The Balaban J connectivity index is 3.86. The van der Waals surface area contributed by atoms with Crippen LogP contribution in [0.5, 0.6) is 0 Å².